The maximum Gasteiger partial charge on any atom is 0.165 e. The molecular weight excluding hydrogens is 452 g/mol. The van der Waals surface area contributed by atoms with Gasteiger partial charge in [0.15, 0.2) is 5.82 Å². The van der Waals surface area contributed by atoms with Crippen molar-refractivity contribution in [3.8, 4) is 11.4 Å². The highest BCUT2D eigenvalue weighted by Crippen LogP contribution is 2.40. The maximum atomic E-state index is 6.52. The van der Waals surface area contributed by atoms with Crippen LogP contribution in [0.5, 0.6) is 0 Å². The van der Waals surface area contributed by atoms with Crippen LogP contribution in [0.15, 0.2) is 90.5 Å². The minimum Gasteiger partial charge on any atom is -0.366 e. The van der Waals surface area contributed by atoms with Crippen LogP contribution >= 0.6 is 11.6 Å². The number of halogens is 1. The van der Waals surface area contributed by atoms with Crippen LogP contribution < -0.4 is 10.6 Å². The molecule has 1 heterocycles. The summed E-state index contributed by atoms with van der Waals surface area (Å²) in [5.74, 6) is 2.62. The van der Waals surface area contributed by atoms with Gasteiger partial charge in [0.25, 0.3) is 0 Å². The molecule has 4 nitrogen and oxygen atoms in total. The van der Waals surface area contributed by atoms with Crippen LogP contribution in [0.2, 0.25) is 5.02 Å². The monoisotopic (exact) mass is 480 g/mol. The van der Waals surface area contributed by atoms with Gasteiger partial charge in [-0.3, -0.25) is 0 Å². The molecule has 0 bridgehead atoms. The minimum absolute atomic E-state index is 0.545. The van der Waals surface area contributed by atoms with Gasteiger partial charge in [0.1, 0.15) is 11.6 Å². The summed E-state index contributed by atoms with van der Waals surface area (Å²) in [6.07, 6.45) is 2.16. The molecule has 1 aliphatic rings. The van der Waals surface area contributed by atoms with Crippen molar-refractivity contribution >= 4 is 28.9 Å². The molecule has 35 heavy (non-hydrogen) atoms. The summed E-state index contributed by atoms with van der Waals surface area (Å²) in [7, 11) is 0. The van der Waals surface area contributed by atoms with Gasteiger partial charge < -0.3 is 10.6 Å². The molecular formula is C30H29ClN4. The van der Waals surface area contributed by atoms with Crippen LogP contribution in [0.4, 0.5) is 11.6 Å². The topological polar surface area (TPSA) is 49.8 Å². The zero-order chi connectivity index (χ0) is 24.2. The van der Waals surface area contributed by atoms with E-state index < -0.39 is 0 Å². The van der Waals surface area contributed by atoms with Crippen molar-refractivity contribution in [3.63, 3.8) is 0 Å². The molecule has 5 heteroatoms. The normalized spacial score (nSPS) is 15.0. The van der Waals surface area contributed by atoms with Crippen molar-refractivity contribution < 1.29 is 0 Å². The summed E-state index contributed by atoms with van der Waals surface area (Å²) >= 11 is 6.52. The van der Waals surface area contributed by atoms with Crippen LogP contribution in [0.3, 0.4) is 0 Å². The molecule has 0 fully saturated rings. The number of rotatable bonds is 7. The lowest BCUT2D eigenvalue weighted by Gasteiger charge is -2.29. The number of benzene rings is 3. The Morgan fingerprint density at radius 3 is 2.31 bits per heavy atom. The number of hydrogen-bond donors (Lipinski definition) is 2. The number of anilines is 2. The van der Waals surface area contributed by atoms with Gasteiger partial charge in [-0.25, -0.2) is 9.97 Å². The third-order valence-corrected chi connectivity index (χ3v) is 6.88. The van der Waals surface area contributed by atoms with E-state index in [2.05, 4.69) is 60.9 Å². The van der Waals surface area contributed by atoms with Crippen molar-refractivity contribution in [2.75, 3.05) is 10.6 Å². The van der Waals surface area contributed by atoms with Crippen molar-refractivity contribution in [1.82, 2.24) is 9.97 Å². The van der Waals surface area contributed by atoms with Gasteiger partial charge in [-0.15, -0.1) is 0 Å². The molecule has 0 saturated carbocycles. The van der Waals surface area contributed by atoms with Crippen LogP contribution in [-0.2, 0) is 6.54 Å². The molecule has 0 spiro atoms. The second-order valence-electron chi connectivity index (χ2n) is 8.96. The van der Waals surface area contributed by atoms with Crippen molar-refractivity contribution in [2.24, 2.45) is 0 Å². The molecule has 2 N–H and O–H groups in total. The van der Waals surface area contributed by atoms with Gasteiger partial charge in [-0.1, -0.05) is 85.3 Å². The lowest BCUT2D eigenvalue weighted by atomic mass is 9.80. The quantitative estimate of drug-likeness (QED) is 0.280. The Kier molecular flexibility index (Phi) is 6.82. The first-order valence-corrected chi connectivity index (χ1v) is 12.5. The van der Waals surface area contributed by atoms with Crippen LogP contribution in [-0.4, -0.2) is 9.97 Å². The van der Waals surface area contributed by atoms with Gasteiger partial charge in [-0.2, -0.15) is 0 Å². The zero-order valence-electron chi connectivity index (χ0n) is 20.1. The largest absolute Gasteiger partial charge is 0.366 e. The summed E-state index contributed by atoms with van der Waals surface area (Å²) in [5, 5.41) is 7.74. The third kappa shape index (κ3) is 5.08. The standard InChI is InChI=1S/C30H29ClN4/c1-3-22-17-20(2)29(24-14-8-7-13-23(22)24)33-28-18-27(32-19-21-11-5-4-6-12-21)34-30(35-28)25-15-9-10-16-26(25)31/h4-16,18,22H,3,17,19H2,1-2H3,(H2,32,33,34,35). The molecule has 1 atom stereocenters. The second-order valence-corrected chi connectivity index (χ2v) is 9.37. The average Bonchev–Trinajstić information content (AvgIpc) is 2.89. The molecule has 1 unspecified atom stereocenters. The Hall–Kier alpha value is -3.63. The Balaban J connectivity index is 1.53. The fraction of sp³-hybridized carbons (Fsp3) is 0.200. The maximum absolute atomic E-state index is 6.52. The van der Waals surface area contributed by atoms with Crippen molar-refractivity contribution in [3.05, 3.63) is 112 Å². The zero-order valence-corrected chi connectivity index (χ0v) is 20.8. The van der Waals surface area contributed by atoms with Crippen LogP contribution in [0, 0.1) is 0 Å². The van der Waals surface area contributed by atoms with Crippen LogP contribution in [0.25, 0.3) is 17.1 Å². The van der Waals surface area contributed by atoms with E-state index in [9.17, 15) is 0 Å². The van der Waals surface area contributed by atoms with E-state index in [1.165, 1.54) is 22.3 Å². The van der Waals surface area contributed by atoms with E-state index in [4.69, 9.17) is 21.6 Å². The van der Waals surface area contributed by atoms with Gasteiger partial charge in [0.05, 0.1) is 5.02 Å². The van der Waals surface area contributed by atoms with Gasteiger partial charge in [0.2, 0.25) is 0 Å². The molecule has 3 aromatic carbocycles. The first-order valence-electron chi connectivity index (χ1n) is 12.1. The third-order valence-electron chi connectivity index (χ3n) is 6.55. The Labute approximate surface area is 212 Å². The lowest BCUT2D eigenvalue weighted by molar-refractivity contribution is 0.646. The molecule has 0 radical (unpaired) electrons. The minimum atomic E-state index is 0.545. The molecule has 1 aliphatic carbocycles. The molecule has 1 aromatic heterocycles. The molecule has 176 valence electrons. The predicted octanol–water partition coefficient (Wildman–Crippen LogP) is 8.15. The lowest BCUT2D eigenvalue weighted by Crippen LogP contribution is -2.15. The van der Waals surface area contributed by atoms with Gasteiger partial charge >= 0.3 is 0 Å². The molecule has 5 rings (SSSR count). The smallest absolute Gasteiger partial charge is 0.165 e. The van der Waals surface area contributed by atoms with Gasteiger partial charge in [-0.05, 0) is 54.5 Å². The van der Waals surface area contributed by atoms with E-state index in [0.29, 0.717) is 23.3 Å². The molecule has 0 aliphatic heterocycles. The highest BCUT2D eigenvalue weighted by Gasteiger charge is 2.24. The Bertz CT molecular complexity index is 1360. The number of hydrogen-bond acceptors (Lipinski definition) is 4. The summed E-state index contributed by atoms with van der Waals surface area (Å²) < 4.78 is 0. The molecule has 4 aromatic rings. The van der Waals surface area contributed by atoms with E-state index >= 15 is 0 Å². The number of nitrogens with one attached hydrogen (secondary N) is 2. The van der Waals surface area contributed by atoms with E-state index in [1.807, 2.05) is 48.5 Å². The summed E-state index contributed by atoms with van der Waals surface area (Å²) in [5.41, 5.74) is 7.10. The predicted molar refractivity (Wildman–Crippen MR) is 147 cm³/mol. The summed E-state index contributed by atoms with van der Waals surface area (Å²) in [6.45, 7) is 5.14. The fourth-order valence-corrected chi connectivity index (χ4v) is 4.93. The first-order chi connectivity index (χ1) is 17.1. The van der Waals surface area contributed by atoms with Gasteiger partial charge in [0, 0.05) is 29.4 Å². The van der Waals surface area contributed by atoms with E-state index in [0.717, 1.165) is 35.7 Å². The number of nitrogens with zero attached hydrogens (tertiary/aromatic N) is 2. The number of aromatic nitrogens is 2. The molecule has 0 amide bonds. The summed E-state index contributed by atoms with van der Waals surface area (Å²) in [6, 6.07) is 28.6. The van der Waals surface area contributed by atoms with E-state index in [-0.39, 0.29) is 0 Å². The molecule has 0 saturated heterocycles. The van der Waals surface area contributed by atoms with Crippen molar-refractivity contribution in [1.29, 1.82) is 0 Å². The van der Waals surface area contributed by atoms with E-state index in [1.54, 1.807) is 0 Å². The highest BCUT2D eigenvalue weighted by molar-refractivity contribution is 6.33. The SMILES string of the molecule is CCC1CC(C)=C(Nc2cc(NCc3ccccc3)nc(-c3ccccc3Cl)n2)c2ccccc21. The average molecular weight is 481 g/mol. The van der Waals surface area contributed by atoms with Crippen molar-refractivity contribution in [2.45, 2.75) is 39.2 Å². The second kappa shape index (κ2) is 10.3. The summed E-state index contributed by atoms with van der Waals surface area (Å²) in [4.78, 5) is 9.68. The Morgan fingerprint density at radius 1 is 0.857 bits per heavy atom. The fourth-order valence-electron chi connectivity index (χ4n) is 4.71. The van der Waals surface area contributed by atoms with Crippen LogP contribution in [0.1, 0.15) is 49.3 Å². The number of allylic oxidation sites excluding steroid dienone is 1. The number of fused-ring (bicyclic) bond motifs is 1. The first kappa shape index (κ1) is 23.1. The highest BCUT2D eigenvalue weighted by atomic mass is 35.5. The Morgan fingerprint density at radius 2 is 1.54 bits per heavy atom.